The van der Waals surface area contributed by atoms with E-state index in [-0.39, 0.29) is 29.9 Å². The van der Waals surface area contributed by atoms with Crippen LogP contribution in [0.1, 0.15) is 33.3 Å². The fourth-order valence-electron chi connectivity index (χ4n) is 2.99. The highest BCUT2D eigenvalue weighted by atomic mass is 32.1. The van der Waals surface area contributed by atoms with Gasteiger partial charge in [0, 0.05) is 13.0 Å². The van der Waals surface area contributed by atoms with E-state index in [9.17, 15) is 9.59 Å². The second-order valence-corrected chi connectivity index (χ2v) is 6.87. The van der Waals surface area contributed by atoms with Crippen molar-refractivity contribution in [2.75, 3.05) is 11.5 Å². The van der Waals surface area contributed by atoms with Gasteiger partial charge in [-0.05, 0) is 18.9 Å². The Balaban J connectivity index is 1.64. The lowest BCUT2D eigenvalue weighted by Gasteiger charge is -2.04. The minimum Gasteiger partial charge on any atom is -0.453 e. The lowest BCUT2D eigenvalue weighted by molar-refractivity contribution is 0.0467. The first-order valence-corrected chi connectivity index (χ1v) is 8.71. The second-order valence-electron chi connectivity index (χ2n) is 5.87. The first-order valence-electron chi connectivity index (χ1n) is 7.90. The molecule has 1 aliphatic rings. The lowest BCUT2D eigenvalue weighted by atomic mass is 10.2. The lowest BCUT2D eigenvalue weighted by Crippen LogP contribution is -2.20. The number of anilines is 2. The van der Waals surface area contributed by atoms with Gasteiger partial charge in [-0.25, -0.2) is 9.78 Å². The van der Waals surface area contributed by atoms with E-state index < -0.39 is 5.97 Å². The Hall–Kier alpha value is -3.08. The summed E-state index contributed by atoms with van der Waals surface area (Å²) < 4.78 is 6.92. The van der Waals surface area contributed by atoms with Gasteiger partial charge >= 0.3 is 5.97 Å². The van der Waals surface area contributed by atoms with Crippen molar-refractivity contribution < 1.29 is 9.53 Å². The molecule has 1 aliphatic heterocycles. The van der Waals surface area contributed by atoms with Gasteiger partial charge in [-0.15, -0.1) is 11.3 Å². The summed E-state index contributed by atoms with van der Waals surface area (Å²) in [6.45, 7) is 2.18. The van der Waals surface area contributed by atoms with Crippen LogP contribution < -0.4 is 17.0 Å². The molecule has 0 saturated heterocycles. The fourth-order valence-corrected chi connectivity index (χ4v) is 4.07. The van der Waals surface area contributed by atoms with E-state index in [1.165, 1.54) is 0 Å². The fraction of sp³-hybridized carbons (Fsp3) is 0.333. The molecular weight excluding hydrogens is 358 g/mol. The Morgan fingerprint density at radius 2 is 1.96 bits per heavy atom. The van der Waals surface area contributed by atoms with Gasteiger partial charge in [0.2, 0.25) is 11.9 Å². The van der Waals surface area contributed by atoms with E-state index in [4.69, 9.17) is 16.2 Å². The van der Waals surface area contributed by atoms with Gasteiger partial charge in [-0.1, -0.05) is 0 Å². The molecule has 0 radical (unpaired) electrons. The number of thiophene rings is 1. The number of nitrogens with two attached hydrogens (primary N) is 2. The quantitative estimate of drug-likeness (QED) is 0.622. The van der Waals surface area contributed by atoms with E-state index in [0.717, 1.165) is 30.0 Å². The number of nitrogen functional groups attached to an aromatic ring is 2. The van der Waals surface area contributed by atoms with Gasteiger partial charge < -0.3 is 16.2 Å². The molecule has 0 bridgehead atoms. The molecule has 0 atom stereocenters. The Morgan fingerprint density at radius 1 is 1.23 bits per heavy atom. The predicted octanol–water partition coefficient (Wildman–Crippen LogP) is 0.419. The maximum Gasteiger partial charge on any atom is 0.349 e. The Kier molecular flexibility index (Phi) is 3.80. The van der Waals surface area contributed by atoms with E-state index in [1.54, 1.807) is 11.5 Å². The topological polar surface area (TPSA) is 152 Å². The highest BCUT2D eigenvalue weighted by Gasteiger charge is 2.24. The SMILES string of the molecule is Cc1c(C(=O)OCc2nc(N)nc(N)n2)sc2nc3n(c(=O)c12)CCC3. The summed E-state index contributed by atoms with van der Waals surface area (Å²) in [6, 6.07) is 0. The van der Waals surface area contributed by atoms with Gasteiger partial charge in [0.25, 0.3) is 5.56 Å². The number of carbonyl (C=O) groups excluding carboxylic acids is 1. The van der Waals surface area contributed by atoms with Crippen molar-refractivity contribution >= 4 is 39.4 Å². The highest BCUT2D eigenvalue weighted by Crippen LogP contribution is 2.29. The molecule has 0 fully saturated rings. The Bertz CT molecular complexity index is 1080. The molecule has 10 nitrogen and oxygen atoms in total. The number of ether oxygens (including phenoxy) is 1. The predicted molar refractivity (Wildman–Crippen MR) is 94.7 cm³/mol. The van der Waals surface area contributed by atoms with Crippen molar-refractivity contribution in [2.45, 2.75) is 32.9 Å². The molecule has 11 heteroatoms. The van der Waals surface area contributed by atoms with E-state index in [2.05, 4.69) is 19.9 Å². The van der Waals surface area contributed by atoms with Crippen LogP contribution in [0.25, 0.3) is 10.2 Å². The molecule has 134 valence electrons. The molecule has 0 spiro atoms. The van der Waals surface area contributed by atoms with Crippen LogP contribution in [0.5, 0.6) is 0 Å². The van der Waals surface area contributed by atoms with Gasteiger partial charge in [0.05, 0.1) is 5.39 Å². The molecule has 0 amide bonds. The number of rotatable bonds is 3. The van der Waals surface area contributed by atoms with Crippen LogP contribution in [0, 0.1) is 6.92 Å². The zero-order chi connectivity index (χ0) is 18.4. The summed E-state index contributed by atoms with van der Waals surface area (Å²) in [4.78, 5) is 41.9. The largest absolute Gasteiger partial charge is 0.453 e. The minimum absolute atomic E-state index is 0.0478. The zero-order valence-corrected chi connectivity index (χ0v) is 14.7. The molecule has 0 aromatic carbocycles. The molecule has 0 aliphatic carbocycles. The van der Waals surface area contributed by atoms with E-state index >= 15 is 0 Å². The first-order chi connectivity index (χ1) is 12.4. The summed E-state index contributed by atoms with van der Waals surface area (Å²) in [7, 11) is 0. The molecule has 4 heterocycles. The van der Waals surface area contributed by atoms with Crippen LogP contribution in [0.2, 0.25) is 0 Å². The normalized spacial score (nSPS) is 13.1. The van der Waals surface area contributed by atoms with Crippen molar-refractivity contribution in [3.05, 3.63) is 32.4 Å². The average Bonchev–Trinajstić information content (AvgIpc) is 3.17. The van der Waals surface area contributed by atoms with Crippen LogP contribution in [-0.4, -0.2) is 30.5 Å². The Labute approximate surface area is 150 Å². The van der Waals surface area contributed by atoms with Crippen LogP contribution in [0.3, 0.4) is 0 Å². The van der Waals surface area contributed by atoms with Crippen LogP contribution in [0.15, 0.2) is 4.79 Å². The zero-order valence-electron chi connectivity index (χ0n) is 13.9. The average molecular weight is 373 g/mol. The third kappa shape index (κ3) is 2.65. The van der Waals surface area contributed by atoms with Crippen molar-refractivity contribution in [3.8, 4) is 0 Å². The number of aromatic nitrogens is 5. The number of hydrogen-bond acceptors (Lipinski definition) is 10. The van der Waals surface area contributed by atoms with Crippen LogP contribution in [-0.2, 0) is 24.3 Å². The number of esters is 1. The smallest absolute Gasteiger partial charge is 0.349 e. The molecule has 3 aromatic heterocycles. The summed E-state index contributed by atoms with van der Waals surface area (Å²) in [5, 5.41) is 0.473. The van der Waals surface area contributed by atoms with Crippen LogP contribution >= 0.6 is 11.3 Å². The van der Waals surface area contributed by atoms with E-state index in [0.29, 0.717) is 27.2 Å². The van der Waals surface area contributed by atoms with Crippen molar-refractivity contribution in [1.82, 2.24) is 24.5 Å². The minimum atomic E-state index is -0.576. The van der Waals surface area contributed by atoms with Gasteiger partial charge in [0.1, 0.15) is 15.5 Å². The third-order valence-electron chi connectivity index (χ3n) is 4.15. The van der Waals surface area contributed by atoms with Gasteiger partial charge in [-0.2, -0.15) is 15.0 Å². The molecular formula is C15H15N7O3S. The summed E-state index contributed by atoms with van der Waals surface area (Å²) >= 11 is 1.15. The summed E-state index contributed by atoms with van der Waals surface area (Å²) in [5.74, 6) is 0.244. The first kappa shape index (κ1) is 16.4. The molecule has 0 saturated carbocycles. The molecule has 26 heavy (non-hydrogen) atoms. The number of nitrogens with zero attached hydrogens (tertiary/aromatic N) is 5. The Morgan fingerprint density at radius 3 is 2.69 bits per heavy atom. The van der Waals surface area contributed by atoms with Crippen molar-refractivity contribution in [3.63, 3.8) is 0 Å². The number of fused-ring (bicyclic) bond motifs is 2. The number of carbonyl (C=O) groups is 1. The highest BCUT2D eigenvalue weighted by molar-refractivity contribution is 7.20. The third-order valence-corrected chi connectivity index (χ3v) is 5.31. The van der Waals surface area contributed by atoms with Crippen molar-refractivity contribution in [2.24, 2.45) is 0 Å². The molecule has 4 rings (SSSR count). The van der Waals surface area contributed by atoms with E-state index in [1.807, 2.05) is 0 Å². The standard InChI is InChI=1S/C15H15N7O3S/c1-6-9-11(20-8-3-2-4-22(8)12(9)23)26-10(6)13(24)25-5-7-18-14(16)21-15(17)19-7/h2-5H2,1H3,(H4,16,17,18,19,21). The molecule has 0 unspecified atom stereocenters. The number of aryl methyl sites for hydroxylation is 2. The second kappa shape index (κ2) is 6.02. The van der Waals surface area contributed by atoms with Gasteiger partial charge in [-0.3, -0.25) is 9.36 Å². The maximum atomic E-state index is 12.7. The summed E-state index contributed by atoms with van der Waals surface area (Å²) in [5.41, 5.74) is 11.4. The monoisotopic (exact) mass is 373 g/mol. The summed E-state index contributed by atoms with van der Waals surface area (Å²) in [6.07, 6.45) is 1.68. The van der Waals surface area contributed by atoms with Crippen molar-refractivity contribution in [1.29, 1.82) is 0 Å². The molecule has 3 aromatic rings. The van der Waals surface area contributed by atoms with Crippen LogP contribution in [0.4, 0.5) is 11.9 Å². The molecule has 4 N–H and O–H groups in total. The van der Waals surface area contributed by atoms with Gasteiger partial charge in [0.15, 0.2) is 12.4 Å². The number of hydrogen-bond donors (Lipinski definition) is 2. The maximum absolute atomic E-state index is 12.7.